The zero-order chi connectivity index (χ0) is 21.4. The standard InChI is InChI=1S/C25H34N2O2/c1-6-23(25(29)26-16-18(2)3)27(17-22-14-10-8-12-20(22)5)24(28)15-21-13-9-7-11-19(21)4/h7-14,18,23H,6,15-17H2,1-5H3,(H,26,29)/t23-/m0/s1. The average molecular weight is 395 g/mol. The van der Waals surface area contributed by atoms with Crippen molar-refractivity contribution in [2.75, 3.05) is 6.54 Å². The first-order valence-electron chi connectivity index (χ1n) is 10.5. The largest absolute Gasteiger partial charge is 0.354 e. The Kier molecular flexibility index (Phi) is 8.44. The van der Waals surface area contributed by atoms with Gasteiger partial charge in [0.05, 0.1) is 6.42 Å². The van der Waals surface area contributed by atoms with Crippen LogP contribution in [0.4, 0.5) is 0 Å². The Hall–Kier alpha value is -2.62. The molecule has 0 spiro atoms. The molecule has 2 aromatic carbocycles. The summed E-state index contributed by atoms with van der Waals surface area (Å²) >= 11 is 0. The zero-order valence-corrected chi connectivity index (χ0v) is 18.4. The van der Waals surface area contributed by atoms with E-state index in [-0.39, 0.29) is 11.8 Å². The number of hydrogen-bond donors (Lipinski definition) is 1. The van der Waals surface area contributed by atoms with Gasteiger partial charge in [0.1, 0.15) is 6.04 Å². The molecule has 2 amide bonds. The second kappa shape index (κ2) is 10.8. The van der Waals surface area contributed by atoms with Crippen molar-refractivity contribution in [3.8, 4) is 0 Å². The van der Waals surface area contributed by atoms with Gasteiger partial charge in [-0.05, 0) is 48.4 Å². The van der Waals surface area contributed by atoms with E-state index in [1.165, 1.54) is 0 Å². The fraction of sp³-hybridized carbons (Fsp3) is 0.440. The number of nitrogens with one attached hydrogen (secondary N) is 1. The van der Waals surface area contributed by atoms with Gasteiger partial charge in [-0.1, -0.05) is 69.3 Å². The summed E-state index contributed by atoms with van der Waals surface area (Å²) < 4.78 is 0. The van der Waals surface area contributed by atoms with Crippen molar-refractivity contribution in [2.24, 2.45) is 5.92 Å². The highest BCUT2D eigenvalue weighted by Gasteiger charge is 2.29. The predicted molar refractivity (Wildman–Crippen MR) is 119 cm³/mol. The highest BCUT2D eigenvalue weighted by molar-refractivity contribution is 5.88. The summed E-state index contributed by atoms with van der Waals surface area (Å²) in [6, 6.07) is 15.5. The van der Waals surface area contributed by atoms with E-state index in [9.17, 15) is 9.59 Å². The van der Waals surface area contributed by atoms with Crippen LogP contribution in [0.25, 0.3) is 0 Å². The van der Waals surface area contributed by atoms with Gasteiger partial charge < -0.3 is 10.2 Å². The molecule has 0 aliphatic heterocycles. The van der Waals surface area contributed by atoms with Gasteiger partial charge in [-0.25, -0.2) is 0 Å². The topological polar surface area (TPSA) is 49.4 Å². The first-order valence-corrected chi connectivity index (χ1v) is 10.5. The minimum atomic E-state index is -0.482. The third-order valence-corrected chi connectivity index (χ3v) is 5.28. The molecule has 0 aliphatic carbocycles. The van der Waals surface area contributed by atoms with E-state index in [1.54, 1.807) is 4.90 Å². The molecule has 4 heteroatoms. The van der Waals surface area contributed by atoms with Crippen LogP contribution >= 0.6 is 0 Å². The second-order valence-electron chi connectivity index (χ2n) is 8.11. The van der Waals surface area contributed by atoms with Crippen LogP contribution in [0, 0.1) is 19.8 Å². The molecule has 0 aromatic heterocycles. The monoisotopic (exact) mass is 394 g/mol. The first-order chi connectivity index (χ1) is 13.8. The average Bonchev–Trinajstić information content (AvgIpc) is 2.69. The van der Waals surface area contributed by atoms with Crippen LogP contribution in [-0.4, -0.2) is 29.3 Å². The molecule has 0 saturated heterocycles. The summed E-state index contributed by atoms with van der Waals surface area (Å²) in [5.41, 5.74) is 4.29. The lowest BCUT2D eigenvalue weighted by Gasteiger charge is -2.31. The maximum atomic E-state index is 13.4. The lowest BCUT2D eigenvalue weighted by molar-refractivity contribution is -0.141. The maximum Gasteiger partial charge on any atom is 0.242 e. The molecule has 0 unspecified atom stereocenters. The molecule has 0 heterocycles. The fourth-order valence-corrected chi connectivity index (χ4v) is 3.39. The zero-order valence-electron chi connectivity index (χ0n) is 18.4. The molecular weight excluding hydrogens is 360 g/mol. The minimum absolute atomic E-state index is 0.0194. The van der Waals surface area contributed by atoms with Crippen LogP contribution < -0.4 is 5.32 Å². The number of aryl methyl sites for hydroxylation is 2. The van der Waals surface area contributed by atoms with Crippen LogP contribution in [0.5, 0.6) is 0 Å². The van der Waals surface area contributed by atoms with Crippen molar-refractivity contribution >= 4 is 11.8 Å². The van der Waals surface area contributed by atoms with Crippen LogP contribution in [0.2, 0.25) is 0 Å². The van der Waals surface area contributed by atoms with E-state index in [4.69, 9.17) is 0 Å². The summed E-state index contributed by atoms with van der Waals surface area (Å²) in [5.74, 6) is 0.269. The van der Waals surface area contributed by atoms with E-state index in [1.807, 2.05) is 69.3 Å². The van der Waals surface area contributed by atoms with Crippen LogP contribution in [0.3, 0.4) is 0 Å². The Balaban J connectivity index is 2.30. The van der Waals surface area contributed by atoms with Crippen LogP contribution in [0.1, 0.15) is 49.4 Å². The Morgan fingerprint density at radius 1 is 0.931 bits per heavy atom. The quantitative estimate of drug-likeness (QED) is 0.684. The normalized spacial score (nSPS) is 11.9. The highest BCUT2D eigenvalue weighted by atomic mass is 16.2. The Labute approximate surface area is 175 Å². The van der Waals surface area contributed by atoms with Crippen molar-refractivity contribution < 1.29 is 9.59 Å². The Morgan fingerprint density at radius 2 is 1.48 bits per heavy atom. The molecule has 156 valence electrons. The SMILES string of the molecule is CC[C@@H](C(=O)NCC(C)C)N(Cc1ccccc1C)C(=O)Cc1ccccc1C. The number of amides is 2. The number of nitrogens with zero attached hydrogens (tertiary/aromatic N) is 1. The Morgan fingerprint density at radius 3 is 2.00 bits per heavy atom. The molecule has 4 nitrogen and oxygen atoms in total. The molecule has 1 atom stereocenters. The number of carbonyl (C=O) groups excluding carboxylic acids is 2. The molecule has 2 aromatic rings. The molecule has 29 heavy (non-hydrogen) atoms. The summed E-state index contributed by atoms with van der Waals surface area (Å²) in [5, 5.41) is 3.01. The Bertz CT molecular complexity index is 829. The van der Waals surface area contributed by atoms with Crippen molar-refractivity contribution in [3.05, 3.63) is 70.8 Å². The maximum absolute atomic E-state index is 13.4. The van der Waals surface area contributed by atoms with E-state index < -0.39 is 6.04 Å². The smallest absolute Gasteiger partial charge is 0.242 e. The summed E-state index contributed by atoms with van der Waals surface area (Å²) in [4.78, 5) is 28.0. The van der Waals surface area contributed by atoms with E-state index >= 15 is 0 Å². The summed E-state index contributed by atoms with van der Waals surface area (Å²) in [6.07, 6.45) is 0.877. The molecule has 0 aliphatic rings. The third kappa shape index (κ3) is 6.45. The van der Waals surface area contributed by atoms with Gasteiger partial charge in [0.25, 0.3) is 0 Å². The van der Waals surface area contributed by atoms with Crippen molar-refractivity contribution in [2.45, 2.75) is 60.0 Å². The lowest BCUT2D eigenvalue weighted by atomic mass is 10.0. The van der Waals surface area contributed by atoms with Gasteiger partial charge in [0, 0.05) is 13.1 Å². The van der Waals surface area contributed by atoms with Gasteiger partial charge in [0.15, 0.2) is 0 Å². The van der Waals surface area contributed by atoms with Gasteiger partial charge in [0.2, 0.25) is 11.8 Å². The van der Waals surface area contributed by atoms with Gasteiger partial charge >= 0.3 is 0 Å². The van der Waals surface area contributed by atoms with Gasteiger partial charge in [-0.2, -0.15) is 0 Å². The third-order valence-electron chi connectivity index (χ3n) is 5.28. The second-order valence-corrected chi connectivity index (χ2v) is 8.11. The molecule has 2 rings (SSSR count). The van der Waals surface area contributed by atoms with Gasteiger partial charge in [-0.15, -0.1) is 0 Å². The number of benzene rings is 2. The molecule has 0 saturated carbocycles. The molecule has 1 N–H and O–H groups in total. The van der Waals surface area contributed by atoms with Crippen molar-refractivity contribution in [1.82, 2.24) is 10.2 Å². The lowest BCUT2D eigenvalue weighted by Crippen LogP contribution is -2.50. The van der Waals surface area contributed by atoms with E-state index in [0.717, 1.165) is 22.3 Å². The molecule has 0 bridgehead atoms. The number of hydrogen-bond acceptors (Lipinski definition) is 2. The minimum Gasteiger partial charge on any atom is -0.354 e. The number of carbonyl (C=O) groups is 2. The van der Waals surface area contributed by atoms with Gasteiger partial charge in [-0.3, -0.25) is 9.59 Å². The molecule has 0 radical (unpaired) electrons. The number of rotatable bonds is 9. The predicted octanol–water partition coefficient (Wildman–Crippen LogP) is 4.43. The van der Waals surface area contributed by atoms with Crippen LogP contribution in [-0.2, 0) is 22.6 Å². The van der Waals surface area contributed by atoms with E-state index in [2.05, 4.69) is 19.2 Å². The first kappa shape index (κ1) is 22.7. The summed E-state index contributed by atoms with van der Waals surface area (Å²) in [7, 11) is 0. The highest BCUT2D eigenvalue weighted by Crippen LogP contribution is 2.18. The van der Waals surface area contributed by atoms with Crippen molar-refractivity contribution in [1.29, 1.82) is 0 Å². The van der Waals surface area contributed by atoms with E-state index in [0.29, 0.717) is 31.8 Å². The fourth-order valence-electron chi connectivity index (χ4n) is 3.39. The molecule has 0 fully saturated rings. The molecular formula is C25H34N2O2. The van der Waals surface area contributed by atoms with Crippen LogP contribution in [0.15, 0.2) is 48.5 Å². The van der Waals surface area contributed by atoms with Crippen molar-refractivity contribution in [3.63, 3.8) is 0 Å². The summed E-state index contributed by atoms with van der Waals surface area (Å²) in [6.45, 7) is 11.2.